The third-order valence-corrected chi connectivity index (χ3v) is 3.56. The summed E-state index contributed by atoms with van der Waals surface area (Å²) in [4.78, 5) is 15.8. The van der Waals surface area contributed by atoms with E-state index in [0.29, 0.717) is 36.9 Å². The van der Waals surface area contributed by atoms with Crippen LogP contribution in [0.4, 0.5) is 5.13 Å². The van der Waals surface area contributed by atoms with Crippen molar-refractivity contribution in [2.45, 2.75) is 18.4 Å². The molecule has 17 heavy (non-hydrogen) atoms. The van der Waals surface area contributed by atoms with E-state index in [1.807, 2.05) is 0 Å². The van der Waals surface area contributed by atoms with E-state index in [4.69, 9.17) is 10.5 Å². The molecular weight excluding hydrogens is 242 g/mol. The average molecular weight is 257 g/mol. The number of nitrogens with one attached hydrogen (secondary N) is 1. The number of anilines is 1. The summed E-state index contributed by atoms with van der Waals surface area (Å²) in [5, 5.41) is 14.2. The Hall–Kier alpha value is -1.18. The Kier molecular flexibility index (Phi) is 3.60. The second-order valence-corrected chi connectivity index (χ2v) is 4.97. The molecule has 1 aromatic heterocycles. The number of aromatic nitrogens is 1. The van der Waals surface area contributed by atoms with E-state index in [1.54, 1.807) is 5.38 Å². The van der Waals surface area contributed by atoms with E-state index in [1.165, 1.54) is 11.3 Å². The average Bonchev–Trinajstić information content (AvgIpc) is 2.77. The van der Waals surface area contributed by atoms with Crippen molar-refractivity contribution in [2.24, 2.45) is 0 Å². The van der Waals surface area contributed by atoms with Crippen LogP contribution in [0.5, 0.6) is 0 Å². The molecule has 2 rings (SSSR count). The first-order chi connectivity index (χ1) is 8.15. The van der Waals surface area contributed by atoms with Gasteiger partial charge in [-0.2, -0.15) is 0 Å². The minimum absolute atomic E-state index is 0.0955. The number of aliphatic hydroxyl groups excluding tert-OH is 1. The lowest BCUT2D eigenvalue weighted by Crippen LogP contribution is -2.54. The first-order valence-corrected chi connectivity index (χ1v) is 6.25. The Morgan fingerprint density at radius 1 is 1.65 bits per heavy atom. The molecule has 1 aliphatic rings. The molecule has 0 bridgehead atoms. The maximum Gasteiger partial charge on any atom is 0.271 e. The van der Waals surface area contributed by atoms with Crippen molar-refractivity contribution in [2.75, 3.05) is 25.6 Å². The summed E-state index contributed by atoms with van der Waals surface area (Å²) in [6.45, 7) is 0.988. The molecule has 4 N–H and O–H groups in total. The molecule has 0 atom stereocenters. The second kappa shape index (κ2) is 4.99. The lowest BCUT2D eigenvalue weighted by molar-refractivity contribution is 0.0124. The van der Waals surface area contributed by atoms with Crippen LogP contribution >= 0.6 is 11.3 Å². The van der Waals surface area contributed by atoms with Gasteiger partial charge in [0.15, 0.2) is 5.13 Å². The quantitative estimate of drug-likeness (QED) is 0.708. The molecule has 0 aliphatic carbocycles. The van der Waals surface area contributed by atoms with Crippen LogP contribution in [0.2, 0.25) is 0 Å². The number of nitrogen functional groups attached to an aromatic ring is 1. The summed E-state index contributed by atoms with van der Waals surface area (Å²) < 4.78 is 5.22. The predicted molar refractivity (Wildman–Crippen MR) is 63.9 cm³/mol. The molecule has 0 radical (unpaired) electrons. The van der Waals surface area contributed by atoms with Crippen molar-refractivity contribution in [1.29, 1.82) is 0 Å². The van der Waals surface area contributed by atoms with Crippen molar-refractivity contribution in [3.63, 3.8) is 0 Å². The predicted octanol–water partition coefficient (Wildman–Crippen LogP) is -0.00340. The van der Waals surface area contributed by atoms with Crippen molar-refractivity contribution in [3.8, 4) is 0 Å². The molecule has 1 aliphatic heterocycles. The van der Waals surface area contributed by atoms with Gasteiger partial charge in [-0.1, -0.05) is 0 Å². The molecule has 0 unspecified atom stereocenters. The van der Waals surface area contributed by atoms with Crippen LogP contribution in [0.3, 0.4) is 0 Å². The van der Waals surface area contributed by atoms with Crippen LogP contribution in [0, 0.1) is 0 Å². The highest BCUT2D eigenvalue weighted by atomic mass is 32.1. The molecular formula is C10H15N3O3S. The lowest BCUT2D eigenvalue weighted by Gasteiger charge is -2.36. The summed E-state index contributed by atoms with van der Waals surface area (Å²) in [6, 6.07) is 0. The minimum Gasteiger partial charge on any atom is -0.394 e. The molecule has 2 heterocycles. The fourth-order valence-corrected chi connectivity index (χ4v) is 2.32. The third-order valence-electron chi connectivity index (χ3n) is 2.89. The monoisotopic (exact) mass is 257 g/mol. The number of nitrogens with zero attached hydrogens (tertiary/aromatic N) is 1. The van der Waals surface area contributed by atoms with Gasteiger partial charge in [-0.15, -0.1) is 11.3 Å². The fourth-order valence-electron chi connectivity index (χ4n) is 1.78. The first-order valence-electron chi connectivity index (χ1n) is 5.37. The Morgan fingerprint density at radius 3 is 2.88 bits per heavy atom. The normalized spacial score (nSPS) is 18.9. The van der Waals surface area contributed by atoms with E-state index in [-0.39, 0.29) is 12.5 Å². The molecule has 7 heteroatoms. The van der Waals surface area contributed by atoms with Crippen molar-refractivity contribution in [1.82, 2.24) is 10.3 Å². The number of nitrogens with two attached hydrogens (primary N) is 1. The highest BCUT2D eigenvalue weighted by Crippen LogP contribution is 2.21. The summed E-state index contributed by atoms with van der Waals surface area (Å²) in [5.41, 5.74) is 5.18. The SMILES string of the molecule is Nc1nc(C(=O)NC2(CO)CCOCC2)cs1. The number of amides is 1. The molecule has 1 amide bonds. The molecule has 1 saturated heterocycles. The molecule has 6 nitrogen and oxygen atoms in total. The van der Waals surface area contributed by atoms with Gasteiger partial charge in [0.25, 0.3) is 5.91 Å². The number of rotatable bonds is 3. The van der Waals surface area contributed by atoms with Crippen molar-refractivity contribution < 1.29 is 14.6 Å². The lowest BCUT2D eigenvalue weighted by atomic mass is 9.91. The smallest absolute Gasteiger partial charge is 0.271 e. The van der Waals surface area contributed by atoms with Gasteiger partial charge < -0.3 is 20.9 Å². The zero-order valence-corrected chi connectivity index (χ0v) is 10.1. The molecule has 1 aromatic rings. The third kappa shape index (κ3) is 2.74. The number of hydrogen-bond acceptors (Lipinski definition) is 6. The zero-order chi connectivity index (χ0) is 12.3. The second-order valence-electron chi connectivity index (χ2n) is 4.08. The van der Waals surface area contributed by atoms with Gasteiger partial charge in [0.2, 0.25) is 0 Å². The Labute approximate surface area is 103 Å². The van der Waals surface area contributed by atoms with E-state index >= 15 is 0 Å². The number of carbonyl (C=O) groups excluding carboxylic acids is 1. The maximum absolute atomic E-state index is 11.9. The fraction of sp³-hybridized carbons (Fsp3) is 0.600. The van der Waals surface area contributed by atoms with Crippen LogP contribution in [-0.2, 0) is 4.74 Å². The number of thiazole rings is 1. The van der Waals surface area contributed by atoms with E-state index < -0.39 is 5.54 Å². The van der Waals surface area contributed by atoms with Gasteiger partial charge in [0.05, 0.1) is 12.1 Å². The topological polar surface area (TPSA) is 97.5 Å². The number of carbonyl (C=O) groups is 1. The van der Waals surface area contributed by atoms with Gasteiger partial charge in [-0.3, -0.25) is 4.79 Å². The molecule has 0 saturated carbocycles. The molecule has 1 fully saturated rings. The van der Waals surface area contributed by atoms with Crippen LogP contribution in [0.25, 0.3) is 0 Å². The number of ether oxygens (including phenoxy) is 1. The maximum atomic E-state index is 11.9. The standard InChI is InChI=1S/C10H15N3O3S/c11-9-12-7(5-17-9)8(15)13-10(6-14)1-3-16-4-2-10/h5,14H,1-4,6H2,(H2,11,12)(H,13,15). The van der Waals surface area contributed by atoms with Gasteiger partial charge in [0.1, 0.15) is 5.69 Å². The van der Waals surface area contributed by atoms with E-state index in [0.717, 1.165) is 0 Å². The highest BCUT2D eigenvalue weighted by molar-refractivity contribution is 7.13. The zero-order valence-electron chi connectivity index (χ0n) is 9.31. The Balaban J connectivity index is 2.05. The van der Waals surface area contributed by atoms with Crippen molar-refractivity contribution in [3.05, 3.63) is 11.1 Å². The summed E-state index contributed by atoms with van der Waals surface area (Å²) >= 11 is 1.22. The molecule has 94 valence electrons. The van der Waals surface area contributed by atoms with Gasteiger partial charge >= 0.3 is 0 Å². The van der Waals surface area contributed by atoms with Gasteiger partial charge in [-0.25, -0.2) is 4.98 Å². The Morgan fingerprint density at radius 2 is 2.35 bits per heavy atom. The van der Waals surface area contributed by atoms with Crippen LogP contribution in [-0.4, -0.2) is 41.4 Å². The van der Waals surface area contributed by atoms with Gasteiger partial charge in [-0.05, 0) is 12.8 Å². The summed E-state index contributed by atoms with van der Waals surface area (Å²) in [5.74, 6) is -0.297. The first kappa shape index (κ1) is 12.3. The summed E-state index contributed by atoms with van der Waals surface area (Å²) in [7, 11) is 0. The van der Waals surface area contributed by atoms with E-state index in [9.17, 15) is 9.90 Å². The highest BCUT2D eigenvalue weighted by Gasteiger charge is 2.34. The van der Waals surface area contributed by atoms with Crippen molar-refractivity contribution >= 4 is 22.4 Å². The number of hydrogen-bond donors (Lipinski definition) is 3. The van der Waals surface area contributed by atoms with Crippen LogP contribution in [0.1, 0.15) is 23.3 Å². The van der Waals surface area contributed by atoms with Gasteiger partial charge in [0, 0.05) is 18.6 Å². The minimum atomic E-state index is -0.590. The summed E-state index contributed by atoms with van der Waals surface area (Å²) in [6.07, 6.45) is 1.21. The molecule has 0 aromatic carbocycles. The Bertz CT molecular complexity index is 401. The van der Waals surface area contributed by atoms with Crippen LogP contribution < -0.4 is 11.1 Å². The number of aliphatic hydroxyl groups is 1. The molecule has 0 spiro atoms. The van der Waals surface area contributed by atoms with Crippen LogP contribution in [0.15, 0.2) is 5.38 Å². The van der Waals surface area contributed by atoms with E-state index in [2.05, 4.69) is 10.3 Å². The largest absolute Gasteiger partial charge is 0.394 e.